The molecule has 3 aliphatic carbocycles. The highest BCUT2D eigenvalue weighted by Crippen LogP contribution is 2.62. The molecular weight excluding hydrogens is 284 g/mol. The molecule has 23 heavy (non-hydrogen) atoms. The van der Waals surface area contributed by atoms with Crippen LogP contribution in [0.3, 0.4) is 0 Å². The summed E-state index contributed by atoms with van der Waals surface area (Å²) in [7, 11) is 1.75. The molecule has 2 saturated carbocycles. The Morgan fingerprint density at radius 3 is 2.87 bits per heavy atom. The zero-order valence-corrected chi connectivity index (χ0v) is 14.6. The lowest BCUT2D eigenvalue weighted by Crippen LogP contribution is -2.46. The number of Topliss-reactive ketones (excluding diaryl/α,β-unsaturated/α-hetero) is 1. The van der Waals surface area contributed by atoms with Gasteiger partial charge in [0.1, 0.15) is 11.5 Å². The van der Waals surface area contributed by atoms with E-state index in [0.29, 0.717) is 29.5 Å². The maximum Gasteiger partial charge on any atom is 0.139 e. The number of hydrogen-bond donors (Lipinski definition) is 0. The quantitative estimate of drug-likeness (QED) is 0.787. The predicted octanol–water partition coefficient (Wildman–Crippen LogP) is 4.76. The summed E-state index contributed by atoms with van der Waals surface area (Å²) in [5, 5.41) is 0. The molecular formula is C21H28O2. The minimum Gasteiger partial charge on any atom is -0.497 e. The fraction of sp³-hybridized carbons (Fsp3) is 0.667. The second kappa shape index (κ2) is 5.36. The van der Waals surface area contributed by atoms with Gasteiger partial charge in [0.2, 0.25) is 0 Å². The average molecular weight is 312 g/mol. The van der Waals surface area contributed by atoms with Crippen molar-refractivity contribution in [2.75, 3.05) is 7.11 Å². The number of carbonyl (C=O) groups excluding carboxylic acids is 1. The Kier molecular flexibility index (Phi) is 3.55. The van der Waals surface area contributed by atoms with Crippen molar-refractivity contribution >= 4 is 5.78 Å². The maximum atomic E-state index is 12.7. The van der Waals surface area contributed by atoms with Crippen LogP contribution in [-0.2, 0) is 11.2 Å². The fourth-order valence-electron chi connectivity index (χ4n) is 6.31. The standard InChI is InChI=1S/C21H28O2/c1-4-21-10-9-17-16-6-5-15(23-3)12-14(16)11-13(2)20(17)18(21)7-8-19(21)22/h5-6,12-13,17-18,20H,4,7-11H2,1-3H3/t13-,17-,18+,20-,21+/m1/s1. The number of rotatable bonds is 2. The topological polar surface area (TPSA) is 26.3 Å². The van der Waals surface area contributed by atoms with Gasteiger partial charge in [0.25, 0.3) is 0 Å². The molecule has 0 N–H and O–H groups in total. The van der Waals surface area contributed by atoms with Crippen LogP contribution in [0.4, 0.5) is 0 Å². The summed E-state index contributed by atoms with van der Waals surface area (Å²) in [4.78, 5) is 12.7. The van der Waals surface area contributed by atoms with Crippen LogP contribution in [0.1, 0.15) is 63.0 Å². The van der Waals surface area contributed by atoms with Crippen molar-refractivity contribution in [3.63, 3.8) is 0 Å². The first-order valence-corrected chi connectivity index (χ1v) is 9.31. The van der Waals surface area contributed by atoms with Gasteiger partial charge in [0.05, 0.1) is 7.11 Å². The van der Waals surface area contributed by atoms with Crippen molar-refractivity contribution in [3.05, 3.63) is 29.3 Å². The van der Waals surface area contributed by atoms with Crippen LogP contribution in [-0.4, -0.2) is 12.9 Å². The molecule has 4 rings (SSSR count). The lowest BCUT2D eigenvalue weighted by atomic mass is 9.52. The smallest absolute Gasteiger partial charge is 0.139 e. The summed E-state index contributed by atoms with van der Waals surface area (Å²) in [5.74, 6) is 4.16. The fourth-order valence-corrected chi connectivity index (χ4v) is 6.31. The van der Waals surface area contributed by atoms with Crippen molar-refractivity contribution < 1.29 is 9.53 Å². The maximum absolute atomic E-state index is 12.7. The van der Waals surface area contributed by atoms with E-state index < -0.39 is 0 Å². The third-order valence-electron chi connectivity index (χ3n) is 7.36. The summed E-state index contributed by atoms with van der Waals surface area (Å²) in [5.41, 5.74) is 3.03. The second-order valence-corrected chi connectivity index (χ2v) is 8.05. The van der Waals surface area contributed by atoms with E-state index in [9.17, 15) is 4.79 Å². The zero-order chi connectivity index (χ0) is 16.2. The molecule has 0 saturated heterocycles. The van der Waals surface area contributed by atoms with Crippen LogP contribution < -0.4 is 4.74 Å². The summed E-state index contributed by atoms with van der Waals surface area (Å²) in [6, 6.07) is 6.66. The Bertz CT molecular complexity index is 635. The largest absolute Gasteiger partial charge is 0.497 e. The number of fused-ring (bicyclic) bond motifs is 5. The van der Waals surface area contributed by atoms with Crippen LogP contribution in [0.15, 0.2) is 18.2 Å². The molecule has 0 unspecified atom stereocenters. The van der Waals surface area contributed by atoms with Crippen LogP contribution >= 0.6 is 0 Å². The number of hydrogen-bond acceptors (Lipinski definition) is 2. The predicted molar refractivity (Wildman–Crippen MR) is 91.8 cm³/mol. The van der Waals surface area contributed by atoms with Gasteiger partial charge in [-0.25, -0.2) is 0 Å². The van der Waals surface area contributed by atoms with Crippen molar-refractivity contribution in [3.8, 4) is 5.75 Å². The van der Waals surface area contributed by atoms with Crippen LogP contribution in [0.25, 0.3) is 0 Å². The first-order valence-electron chi connectivity index (χ1n) is 9.31. The molecule has 1 aromatic rings. The lowest BCUT2D eigenvalue weighted by Gasteiger charge is -2.52. The normalized spacial score (nSPS) is 38.7. The van der Waals surface area contributed by atoms with Crippen molar-refractivity contribution in [2.24, 2.45) is 23.2 Å². The van der Waals surface area contributed by atoms with Crippen LogP contribution in [0.5, 0.6) is 5.75 Å². The van der Waals surface area contributed by atoms with E-state index in [1.165, 1.54) is 17.5 Å². The van der Waals surface area contributed by atoms with Crippen molar-refractivity contribution in [2.45, 2.75) is 58.3 Å². The number of methoxy groups -OCH3 is 1. The third-order valence-corrected chi connectivity index (χ3v) is 7.36. The van der Waals surface area contributed by atoms with E-state index >= 15 is 0 Å². The number of carbonyl (C=O) groups is 1. The molecule has 0 amide bonds. The first-order chi connectivity index (χ1) is 11.1. The van der Waals surface area contributed by atoms with Crippen LogP contribution in [0, 0.1) is 23.2 Å². The summed E-state index contributed by atoms with van der Waals surface area (Å²) >= 11 is 0. The van der Waals surface area contributed by atoms with E-state index in [0.717, 1.165) is 37.9 Å². The summed E-state index contributed by atoms with van der Waals surface area (Å²) in [6.45, 7) is 4.65. The van der Waals surface area contributed by atoms with E-state index in [1.54, 1.807) is 7.11 Å². The van der Waals surface area contributed by atoms with E-state index in [-0.39, 0.29) is 5.41 Å². The van der Waals surface area contributed by atoms with Crippen LogP contribution in [0.2, 0.25) is 0 Å². The molecule has 0 heterocycles. The zero-order valence-electron chi connectivity index (χ0n) is 14.6. The van der Waals surface area contributed by atoms with Gasteiger partial charge in [-0.2, -0.15) is 0 Å². The third kappa shape index (κ3) is 2.03. The molecule has 124 valence electrons. The Balaban J connectivity index is 1.75. The highest BCUT2D eigenvalue weighted by atomic mass is 16.5. The second-order valence-electron chi connectivity index (χ2n) is 8.05. The molecule has 0 spiro atoms. The first kappa shape index (κ1) is 15.2. The number of ketones is 1. The summed E-state index contributed by atoms with van der Waals surface area (Å²) in [6.07, 6.45) is 6.42. The van der Waals surface area contributed by atoms with E-state index in [1.807, 2.05) is 0 Å². The highest BCUT2D eigenvalue weighted by Gasteiger charge is 2.57. The van der Waals surface area contributed by atoms with Gasteiger partial charge in [-0.15, -0.1) is 0 Å². The number of ether oxygens (including phenoxy) is 1. The molecule has 3 aliphatic rings. The minimum atomic E-state index is 0.0133. The molecule has 2 nitrogen and oxygen atoms in total. The molecule has 5 atom stereocenters. The van der Waals surface area contributed by atoms with Gasteiger partial charge in [-0.05, 0) is 79.0 Å². The van der Waals surface area contributed by atoms with Gasteiger partial charge in [0, 0.05) is 11.8 Å². The molecule has 2 fully saturated rings. The van der Waals surface area contributed by atoms with E-state index in [4.69, 9.17) is 4.74 Å². The lowest BCUT2D eigenvalue weighted by molar-refractivity contribution is -0.131. The van der Waals surface area contributed by atoms with Gasteiger partial charge in [-0.1, -0.05) is 19.9 Å². The van der Waals surface area contributed by atoms with Gasteiger partial charge >= 0.3 is 0 Å². The van der Waals surface area contributed by atoms with Crippen molar-refractivity contribution in [1.29, 1.82) is 0 Å². The molecule has 0 aromatic heterocycles. The Morgan fingerprint density at radius 2 is 2.13 bits per heavy atom. The molecule has 1 aromatic carbocycles. The molecule has 0 radical (unpaired) electrons. The van der Waals surface area contributed by atoms with E-state index in [2.05, 4.69) is 32.0 Å². The minimum absolute atomic E-state index is 0.0133. The Labute approximate surface area is 139 Å². The number of benzene rings is 1. The average Bonchev–Trinajstić information content (AvgIpc) is 2.91. The monoisotopic (exact) mass is 312 g/mol. The highest BCUT2D eigenvalue weighted by molar-refractivity contribution is 5.87. The van der Waals surface area contributed by atoms with Gasteiger partial charge < -0.3 is 4.74 Å². The Morgan fingerprint density at radius 1 is 1.30 bits per heavy atom. The SMILES string of the molecule is CC[C@]12CC[C@@H]3c4ccc(OC)cc4C[C@@H](C)[C@H]3[C@@H]1CCC2=O. The molecule has 0 bridgehead atoms. The van der Waals surface area contributed by atoms with Crippen molar-refractivity contribution in [1.82, 2.24) is 0 Å². The summed E-state index contributed by atoms with van der Waals surface area (Å²) < 4.78 is 5.42. The molecule has 0 aliphatic heterocycles. The molecule has 2 heteroatoms. The van der Waals surface area contributed by atoms with Gasteiger partial charge in [-0.3, -0.25) is 4.79 Å². The van der Waals surface area contributed by atoms with Gasteiger partial charge in [0.15, 0.2) is 0 Å². The Hall–Kier alpha value is -1.31.